The number of aromatic nitrogens is 3. The van der Waals surface area contributed by atoms with Crippen LogP contribution in [0.2, 0.25) is 0 Å². The number of carbonyl (C=O) groups is 1. The van der Waals surface area contributed by atoms with Gasteiger partial charge in [0.1, 0.15) is 5.82 Å². The van der Waals surface area contributed by atoms with Crippen LogP contribution in [0.1, 0.15) is 22.0 Å². The van der Waals surface area contributed by atoms with Gasteiger partial charge in [0.25, 0.3) is 0 Å². The third-order valence-electron chi connectivity index (χ3n) is 2.16. The zero-order valence-electron chi connectivity index (χ0n) is 8.19. The first-order valence-corrected chi connectivity index (χ1v) is 5.92. The Bertz CT molecular complexity index is 517. The quantitative estimate of drug-likeness (QED) is 0.795. The van der Waals surface area contributed by atoms with E-state index in [0.29, 0.717) is 11.4 Å². The van der Waals surface area contributed by atoms with Crippen molar-refractivity contribution >= 4 is 33.0 Å². The lowest BCUT2D eigenvalue weighted by atomic mass is 10.2. The minimum absolute atomic E-state index is 0.105. The molecule has 0 aliphatic carbocycles. The molecule has 0 spiro atoms. The molecule has 6 heteroatoms. The molecule has 0 saturated heterocycles. The maximum Gasteiger partial charge on any atom is 0.232 e. The number of thiophene rings is 1. The summed E-state index contributed by atoms with van der Waals surface area (Å²) in [5.41, 5.74) is 0.635. The van der Waals surface area contributed by atoms with Gasteiger partial charge in [-0.05, 0) is 34.3 Å². The molecule has 0 fully saturated rings. The summed E-state index contributed by atoms with van der Waals surface area (Å²) in [7, 11) is 1.78. The van der Waals surface area contributed by atoms with Crippen LogP contribution in [0.4, 0.5) is 0 Å². The molecule has 2 aromatic rings. The SMILES string of the molecule is Cc1nnc(C(=O)c2ccsc2Br)n1C. The molecule has 0 radical (unpaired) electrons. The highest BCUT2D eigenvalue weighted by Gasteiger charge is 2.19. The fourth-order valence-corrected chi connectivity index (χ4v) is 2.43. The van der Waals surface area contributed by atoms with Crippen molar-refractivity contribution in [2.24, 2.45) is 7.05 Å². The molecule has 4 nitrogen and oxygen atoms in total. The Balaban J connectivity index is 2.46. The predicted molar refractivity (Wildman–Crippen MR) is 61.2 cm³/mol. The number of rotatable bonds is 2. The summed E-state index contributed by atoms with van der Waals surface area (Å²) in [5, 5.41) is 9.58. The standard InChI is InChI=1S/C9H8BrN3OS/c1-5-11-12-9(13(5)2)7(14)6-3-4-15-8(6)10/h3-4H,1-2H3. The second kappa shape index (κ2) is 3.86. The zero-order chi connectivity index (χ0) is 11.0. The summed E-state index contributed by atoms with van der Waals surface area (Å²) in [5.74, 6) is 0.988. The van der Waals surface area contributed by atoms with Gasteiger partial charge in [-0.15, -0.1) is 21.5 Å². The highest BCUT2D eigenvalue weighted by molar-refractivity contribution is 9.11. The average Bonchev–Trinajstić information content (AvgIpc) is 2.75. The minimum Gasteiger partial charge on any atom is -0.312 e. The van der Waals surface area contributed by atoms with E-state index < -0.39 is 0 Å². The molecule has 0 unspecified atom stereocenters. The summed E-state index contributed by atoms with van der Waals surface area (Å²) >= 11 is 4.81. The lowest BCUT2D eigenvalue weighted by Gasteiger charge is -1.99. The summed E-state index contributed by atoms with van der Waals surface area (Å²) in [6.45, 7) is 1.81. The van der Waals surface area contributed by atoms with Gasteiger partial charge in [0.15, 0.2) is 0 Å². The molecule has 0 aromatic carbocycles. The van der Waals surface area contributed by atoms with Crippen LogP contribution < -0.4 is 0 Å². The molecule has 0 atom stereocenters. The maximum atomic E-state index is 12.0. The number of halogens is 1. The van der Waals surface area contributed by atoms with Crippen LogP contribution in [-0.4, -0.2) is 20.5 Å². The fraction of sp³-hybridized carbons (Fsp3) is 0.222. The van der Waals surface area contributed by atoms with Gasteiger partial charge in [-0.2, -0.15) is 0 Å². The van der Waals surface area contributed by atoms with Gasteiger partial charge in [0.05, 0.1) is 9.35 Å². The van der Waals surface area contributed by atoms with Gasteiger partial charge < -0.3 is 4.57 Å². The van der Waals surface area contributed by atoms with E-state index in [1.165, 1.54) is 11.3 Å². The van der Waals surface area contributed by atoms with Crippen molar-refractivity contribution in [3.05, 3.63) is 32.4 Å². The van der Waals surface area contributed by atoms with E-state index in [1.807, 2.05) is 12.3 Å². The van der Waals surface area contributed by atoms with Crippen LogP contribution in [0.3, 0.4) is 0 Å². The van der Waals surface area contributed by atoms with E-state index in [-0.39, 0.29) is 5.78 Å². The summed E-state index contributed by atoms with van der Waals surface area (Å²) < 4.78 is 2.51. The van der Waals surface area contributed by atoms with E-state index in [1.54, 1.807) is 17.7 Å². The monoisotopic (exact) mass is 285 g/mol. The summed E-state index contributed by atoms with van der Waals surface area (Å²) in [4.78, 5) is 12.0. The Morgan fingerprint density at radius 3 is 2.73 bits per heavy atom. The third kappa shape index (κ3) is 1.74. The molecule has 0 N–H and O–H groups in total. The first-order chi connectivity index (χ1) is 7.11. The Labute approximate surface area is 99.1 Å². The lowest BCUT2D eigenvalue weighted by Crippen LogP contribution is -2.09. The molecule has 15 heavy (non-hydrogen) atoms. The number of nitrogens with zero attached hydrogens (tertiary/aromatic N) is 3. The lowest BCUT2D eigenvalue weighted by molar-refractivity contribution is 0.102. The summed E-state index contributed by atoms with van der Waals surface area (Å²) in [6.07, 6.45) is 0. The van der Waals surface area contributed by atoms with E-state index in [4.69, 9.17) is 0 Å². The Kier molecular flexibility index (Phi) is 2.70. The summed E-state index contributed by atoms with van der Waals surface area (Å²) in [6, 6.07) is 1.78. The topological polar surface area (TPSA) is 47.8 Å². The predicted octanol–water partition coefficient (Wildman–Crippen LogP) is 2.18. The number of hydrogen-bond donors (Lipinski definition) is 0. The Morgan fingerprint density at radius 1 is 1.53 bits per heavy atom. The molecule has 78 valence electrons. The highest BCUT2D eigenvalue weighted by Crippen LogP contribution is 2.25. The van der Waals surface area contributed by atoms with Crippen LogP contribution in [-0.2, 0) is 7.05 Å². The molecule has 2 rings (SSSR count). The second-order valence-electron chi connectivity index (χ2n) is 3.07. The van der Waals surface area contributed by atoms with E-state index in [9.17, 15) is 4.79 Å². The Hall–Kier alpha value is -1.01. The van der Waals surface area contributed by atoms with Crippen LogP contribution in [0.15, 0.2) is 15.2 Å². The van der Waals surface area contributed by atoms with Crippen molar-refractivity contribution in [2.45, 2.75) is 6.92 Å². The van der Waals surface area contributed by atoms with E-state index >= 15 is 0 Å². The first-order valence-electron chi connectivity index (χ1n) is 4.25. The van der Waals surface area contributed by atoms with E-state index in [0.717, 1.165) is 9.61 Å². The molecular formula is C9H8BrN3OS. The number of carbonyl (C=O) groups excluding carboxylic acids is 1. The van der Waals surface area contributed by atoms with E-state index in [2.05, 4.69) is 26.1 Å². The third-order valence-corrected chi connectivity index (χ3v) is 3.85. The van der Waals surface area contributed by atoms with Crippen molar-refractivity contribution in [3.8, 4) is 0 Å². The maximum absolute atomic E-state index is 12.0. The number of aryl methyl sites for hydroxylation is 1. The van der Waals surface area contributed by atoms with Gasteiger partial charge in [-0.1, -0.05) is 0 Å². The molecule has 0 saturated carbocycles. The molecule has 0 aliphatic heterocycles. The van der Waals surface area contributed by atoms with Crippen molar-refractivity contribution in [2.75, 3.05) is 0 Å². The Morgan fingerprint density at radius 2 is 2.27 bits per heavy atom. The van der Waals surface area contributed by atoms with Crippen LogP contribution in [0.5, 0.6) is 0 Å². The number of hydrogen-bond acceptors (Lipinski definition) is 4. The molecule has 0 aliphatic rings. The van der Waals surface area contributed by atoms with Gasteiger partial charge in [-0.3, -0.25) is 4.79 Å². The van der Waals surface area contributed by atoms with Gasteiger partial charge in [0.2, 0.25) is 11.6 Å². The van der Waals surface area contributed by atoms with Gasteiger partial charge in [-0.25, -0.2) is 0 Å². The molecule has 2 heterocycles. The number of ketones is 1. The highest BCUT2D eigenvalue weighted by atomic mass is 79.9. The van der Waals surface area contributed by atoms with Crippen molar-refractivity contribution < 1.29 is 4.79 Å². The molecular weight excluding hydrogens is 278 g/mol. The molecule has 0 bridgehead atoms. The van der Waals surface area contributed by atoms with Crippen LogP contribution >= 0.6 is 27.3 Å². The van der Waals surface area contributed by atoms with Gasteiger partial charge in [0, 0.05) is 7.05 Å². The van der Waals surface area contributed by atoms with Crippen LogP contribution in [0, 0.1) is 6.92 Å². The zero-order valence-corrected chi connectivity index (χ0v) is 10.6. The second-order valence-corrected chi connectivity index (χ2v) is 5.30. The average molecular weight is 286 g/mol. The fourth-order valence-electron chi connectivity index (χ4n) is 1.18. The normalized spacial score (nSPS) is 10.6. The van der Waals surface area contributed by atoms with Crippen molar-refractivity contribution in [1.82, 2.24) is 14.8 Å². The largest absolute Gasteiger partial charge is 0.312 e. The van der Waals surface area contributed by atoms with Crippen LogP contribution in [0.25, 0.3) is 0 Å². The van der Waals surface area contributed by atoms with Crippen molar-refractivity contribution in [1.29, 1.82) is 0 Å². The smallest absolute Gasteiger partial charge is 0.232 e. The molecule has 2 aromatic heterocycles. The minimum atomic E-state index is -0.105. The van der Waals surface area contributed by atoms with Gasteiger partial charge >= 0.3 is 0 Å². The first kappa shape index (κ1) is 10.5. The molecule has 0 amide bonds. The van der Waals surface area contributed by atoms with Crippen molar-refractivity contribution in [3.63, 3.8) is 0 Å².